The maximum Gasteiger partial charge on any atom is 0.316 e. The number of aliphatic hydroxyl groups excluding tert-OH is 1. The predicted octanol–water partition coefficient (Wildman–Crippen LogP) is 2.86. The molecule has 13 atom stereocenters. The van der Waals surface area contributed by atoms with Crippen LogP contribution in [-0.4, -0.2) is 142 Å². The molecule has 0 bridgehead atoms. The molecule has 3 saturated heterocycles. The number of aliphatic hydroxyl groups is 2. The van der Waals surface area contributed by atoms with Crippen molar-refractivity contribution in [2.75, 3.05) is 21.2 Å². The lowest BCUT2D eigenvalue weighted by Gasteiger charge is -2.48. The third-order valence-corrected chi connectivity index (χ3v) is 12.5. The number of phenols is 3. The zero-order valence-electron chi connectivity index (χ0n) is 34.1. The van der Waals surface area contributed by atoms with Crippen LogP contribution >= 0.6 is 0 Å². The van der Waals surface area contributed by atoms with Crippen molar-refractivity contribution in [3.8, 4) is 17.2 Å². The fourth-order valence-corrected chi connectivity index (χ4v) is 9.33. The van der Waals surface area contributed by atoms with Crippen LogP contribution in [0.3, 0.4) is 0 Å². The first-order chi connectivity index (χ1) is 27.9. The van der Waals surface area contributed by atoms with Crippen molar-refractivity contribution in [1.29, 1.82) is 0 Å². The standard InChI is InChI=1S/C42H53NO16/c1-8-42(52)16-27(31-20(35(42)41(51)53-7)13-21-32(37(31)49)38(50)34-25(46)10-9-24(45)33(34)36(21)48)57-29-14-22(43(5)6)39(18(3)55-29)59-30-15-26(47)40(19(4)56-30)58-28-12-11-23(44)17(2)54-28/h9-10,13,17-19,22,26-30,35,39-40,45-47,49,52H,8,11-12,14-16H2,1-7H3/t17-,18-,19-,22-,26-,27-,28+,29+,30+,35-,39+,40+,42+/m1/s1. The van der Waals surface area contributed by atoms with Crippen molar-refractivity contribution >= 4 is 23.3 Å². The number of fused-ring (bicyclic) bond motifs is 3. The Bertz CT molecular complexity index is 1990. The van der Waals surface area contributed by atoms with E-state index in [1.807, 2.05) is 19.0 Å². The number of hydrogen-bond acceptors (Lipinski definition) is 17. The highest BCUT2D eigenvalue weighted by Gasteiger charge is 2.54. The van der Waals surface area contributed by atoms with E-state index < -0.39 is 125 Å². The van der Waals surface area contributed by atoms with Crippen molar-refractivity contribution in [3.05, 3.63) is 51.6 Å². The lowest BCUT2D eigenvalue weighted by molar-refractivity contribution is -0.324. The number of ether oxygens (including phenoxy) is 7. The molecule has 3 fully saturated rings. The highest BCUT2D eigenvalue weighted by Crippen LogP contribution is 2.54. The van der Waals surface area contributed by atoms with Crippen molar-refractivity contribution in [1.82, 2.24) is 4.90 Å². The molecule has 2 aromatic rings. The third kappa shape index (κ3) is 7.65. The van der Waals surface area contributed by atoms with E-state index in [4.69, 9.17) is 33.2 Å². The molecule has 17 nitrogen and oxygen atoms in total. The molecular formula is C42H53NO16. The number of carbonyl (C=O) groups is 4. The number of nitrogens with zero attached hydrogens (tertiary/aromatic N) is 1. The Hall–Kier alpha value is -4.04. The Morgan fingerprint density at radius 1 is 0.864 bits per heavy atom. The van der Waals surface area contributed by atoms with Crippen LogP contribution in [0.25, 0.3) is 0 Å². The molecule has 0 unspecified atom stereocenters. The normalized spacial score (nSPS) is 35.9. The van der Waals surface area contributed by atoms with Crippen molar-refractivity contribution in [3.63, 3.8) is 0 Å². The molecule has 0 radical (unpaired) electrons. The Balaban J connectivity index is 1.14. The first kappa shape index (κ1) is 43.1. The van der Waals surface area contributed by atoms with Gasteiger partial charge in [0.05, 0.1) is 53.8 Å². The van der Waals surface area contributed by atoms with Crippen LogP contribution in [0.2, 0.25) is 0 Å². The summed E-state index contributed by atoms with van der Waals surface area (Å²) in [6.45, 7) is 6.89. The van der Waals surface area contributed by atoms with Gasteiger partial charge < -0.3 is 63.6 Å². The summed E-state index contributed by atoms with van der Waals surface area (Å²) in [4.78, 5) is 55.1. The van der Waals surface area contributed by atoms with Crippen molar-refractivity contribution in [2.24, 2.45) is 0 Å². The van der Waals surface area contributed by atoms with Gasteiger partial charge in [-0.1, -0.05) is 6.92 Å². The number of carbonyl (C=O) groups excluding carboxylic acids is 4. The van der Waals surface area contributed by atoms with Gasteiger partial charge in [-0.15, -0.1) is 0 Å². The molecule has 0 spiro atoms. The maximum absolute atomic E-state index is 14.0. The summed E-state index contributed by atoms with van der Waals surface area (Å²) in [5.41, 5.74) is -3.58. The molecule has 0 aromatic heterocycles. The number of aromatic hydroxyl groups is 3. The van der Waals surface area contributed by atoms with Crippen LogP contribution in [0, 0.1) is 0 Å². The van der Waals surface area contributed by atoms with Gasteiger partial charge in [0.2, 0.25) is 5.78 Å². The van der Waals surface area contributed by atoms with E-state index in [0.717, 1.165) is 19.2 Å². The molecule has 0 saturated carbocycles. The lowest BCUT2D eigenvalue weighted by Crippen LogP contribution is -2.58. The fourth-order valence-electron chi connectivity index (χ4n) is 9.33. The molecule has 322 valence electrons. The highest BCUT2D eigenvalue weighted by molar-refractivity contribution is 6.31. The number of hydrogen-bond donors (Lipinski definition) is 5. The molecule has 2 aromatic carbocycles. The minimum Gasteiger partial charge on any atom is -0.507 e. The number of phenolic OH excluding ortho intramolecular Hbond substituents is 3. The van der Waals surface area contributed by atoms with Gasteiger partial charge in [0.15, 0.2) is 30.4 Å². The van der Waals surface area contributed by atoms with E-state index >= 15 is 0 Å². The summed E-state index contributed by atoms with van der Waals surface area (Å²) >= 11 is 0. The summed E-state index contributed by atoms with van der Waals surface area (Å²) in [6, 6.07) is 3.01. The second-order valence-corrected chi connectivity index (χ2v) is 16.4. The van der Waals surface area contributed by atoms with Gasteiger partial charge >= 0.3 is 5.97 Å². The Morgan fingerprint density at radius 2 is 1.47 bits per heavy atom. The van der Waals surface area contributed by atoms with Gasteiger partial charge in [-0.25, -0.2) is 0 Å². The van der Waals surface area contributed by atoms with E-state index in [0.29, 0.717) is 12.8 Å². The lowest BCUT2D eigenvalue weighted by atomic mass is 9.67. The summed E-state index contributed by atoms with van der Waals surface area (Å²) in [5.74, 6) is -5.90. The summed E-state index contributed by atoms with van der Waals surface area (Å²) in [5, 5.41) is 56.5. The molecular weight excluding hydrogens is 774 g/mol. The second-order valence-electron chi connectivity index (χ2n) is 16.4. The number of methoxy groups -OCH3 is 1. The van der Waals surface area contributed by atoms with E-state index in [1.54, 1.807) is 27.7 Å². The summed E-state index contributed by atoms with van der Waals surface area (Å²) < 4.78 is 42.6. The molecule has 5 N–H and O–H groups in total. The Kier molecular flexibility index (Phi) is 12.0. The first-order valence-electron chi connectivity index (χ1n) is 20.0. The number of rotatable bonds is 9. The predicted molar refractivity (Wildman–Crippen MR) is 203 cm³/mol. The maximum atomic E-state index is 14.0. The molecule has 2 aliphatic carbocycles. The highest BCUT2D eigenvalue weighted by atomic mass is 16.7. The largest absolute Gasteiger partial charge is 0.507 e. The minimum atomic E-state index is -1.81. The van der Waals surface area contributed by atoms with Crippen molar-refractivity contribution in [2.45, 2.75) is 145 Å². The molecule has 7 rings (SSSR count). The van der Waals surface area contributed by atoms with Crippen LogP contribution in [0.4, 0.5) is 0 Å². The number of Topliss-reactive ketones (excluding diaryl/α,β-unsaturated/α-hetero) is 1. The number of ketones is 3. The second kappa shape index (κ2) is 16.4. The number of benzene rings is 2. The van der Waals surface area contributed by atoms with Gasteiger partial charge in [-0.05, 0) is 65.0 Å². The Labute approximate surface area is 341 Å². The van der Waals surface area contributed by atoms with E-state index in [1.165, 1.54) is 6.07 Å². The SMILES string of the molecule is CC[C@]1(O)C[C@@H](O[C@H]2C[C@@H](N(C)C)[C@@H](O[C@H]3C[C@@H](O)[C@@H](O[C@H]4CCC(=O)[C@@H](C)O4)[C@@H](C)O3)[C@@H](C)O2)c2c(cc3c(c2O)C(=O)c2c(O)ccc(O)c2C3=O)[C@@H]1C(=O)OC. The number of esters is 1. The van der Waals surface area contributed by atoms with E-state index in [9.17, 15) is 44.7 Å². The topological polar surface area (TPSA) is 237 Å². The zero-order chi connectivity index (χ0) is 42.8. The van der Waals surface area contributed by atoms with Gasteiger partial charge in [0.25, 0.3) is 0 Å². The molecule has 5 aliphatic rings. The summed E-state index contributed by atoms with van der Waals surface area (Å²) in [7, 11) is 4.85. The molecule has 3 heterocycles. The van der Waals surface area contributed by atoms with Crippen LogP contribution in [0.15, 0.2) is 18.2 Å². The quantitative estimate of drug-likeness (QED) is 0.154. The van der Waals surface area contributed by atoms with Gasteiger partial charge in [0, 0.05) is 49.3 Å². The van der Waals surface area contributed by atoms with Gasteiger partial charge in [-0.3, -0.25) is 19.2 Å². The molecule has 3 aliphatic heterocycles. The average Bonchev–Trinajstić information content (AvgIpc) is 3.17. The Morgan fingerprint density at radius 3 is 2.07 bits per heavy atom. The number of likely N-dealkylation sites (N-methyl/N-ethyl adjacent to an activating group) is 1. The first-order valence-corrected chi connectivity index (χ1v) is 20.0. The van der Waals surface area contributed by atoms with Crippen LogP contribution in [0.1, 0.15) is 121 Å². The smallest absolute Gasteiger partial charge is 0.316 e. The fraction of sp³-hybridized carbons (Fsp3) is 0.619. The van der Waals surface area contributed by atoms with E-state index in [-0.39, 0.29) is 54.2 Å². The molecule has 0 amide bonds. The van der Waals surface area contributed by atoms with E-state index in [2.05, 4.69) is 0 Å². The molecule has 17 heteroatoms. The van der Waals surface area contributed by atoms with Crippen LogP contribution in [-0.2, 0) is 42.7 Å². The summed E-state index contributed by atoms with van der Waals surface area (Å²) in [6.07, 6.45) is -6.99. The third-order valence-electron chi connectivity index (χ3n) is 12.5. The van der Waals surface area contributed by atoms with Gasteiger partial charge in [-0.2, -0.15) is 0 Å². The molecule has 59 heavy (non-hydrogen) atoms. The minimum absolute atomic E-state index is 0.00116. The van der Waals surface area contributed by atoms with Crippen LogP contribution < -0.4 is 0 Å². The zero-order valence-corrected chi connectivity index (χ0v) is 34.1. The monoisotopic (exact) mass is 827 g/mol. The van der Waals surface area contributed by atoms with Crippen LogP contribution in [0.5, 0.6) is 17.2 Å². The van der Waals surface area contributed by atoms with Crippen molar-refractivity contribution < 1.29 is 77.9 Å². The van der Waals surface area contributed by atoms with Gasteiger partial charge in [0.1, 0.15) is 41.5 Å². The average molecular weight is 828 g/mol.